The molecule has 1 saturated heterocycles. The molecule has 1 N–H and O–H groups in total. The van der Waals surface area contributed by atoms with E-state index in [9.17, 15) is 0 Å². The second-order valence-electron chi connectivity index (χ2n) is 5.57. The second kappa shape index (κ2) is 7.36. The van der Waals surface area contributed by atoms with Crippen molar-refractivity contribution in [2.75, 3.05) is 13.6 Å². The lowest BCUT2D eigenvalue weighted by atomic mass is 10.0. The predicted octanol–water partition coefficient (Wildman–Crippen LogP) is 3.19. The molecule has 1 aromatic heterocycles. The first-order valence-corrected chi connectivity index (χ1v) is 8.42. The predicted molar refractivity (Wildman–Crippen MR) is 82.6 cm³/mol. The summed E-state index contributed by atoms with van der Waals surface area (Å²) in [6.45, 7) is 7.84. The van der Waals surface area contributed by atoms with Gasteiger partial charge in [0.1, 0.15) is 5.01 Å². The number of hydrogen-bond acceptors (Lipinski definition) is 4. The van der Waals surface area contributed by atoms with Gasteiger partial charge in [0.2, 0.25) is 0 Å². The summed E-state index contributed by atoms with van der Waals surface area (Å²) in [5.41, 5.74) is 1.32. The zero-order valence-electron chi connectivity index (χ0n) is 12.5. The normalized spacial score (nSPS) is 20.9. The van der Waals surface area contributed by atoms with E-state index in [0.29, 0.717) is 0 Å². The van der Waals surface area contributed by atoms with Gasteiger partial charge in [0, 0.05) is 17.5 Å². The van der Waals surface area contributed by atoms with Crippen molar-refractivity contribution in [3.8, 4) is 0 Å². The number of hydrogen-bond donors (Lipinski definition) is 1. The lowest BCUT2D eigenvalue weighted by molar-refractivity contribution is 0.152. The summed E-state index contributed by atoms with van der Waals surface area (Å²) in [6.07, 6.45) is 6.38. The molecule has 1 aliphatic heterocycles. The van der Waals surface area contributed by atoms with E-state index in [1.807, 2.05) is 18.4 Å². The van der Waals surface area contributed by atoms with Crippen molar-refractivity contribution >= 4 is 11.3 Å². The number of thiazole rings is 1. The van der Waals surface area contributed by atoms with E-state index in [1.165, 1.54) is 47.8 Å². The average molecular weight is 281 g/mol. The van der Waals surface area contributed by atoms with Crippen LogP contribution in [0.2, 0.25) is 0 Å². The minimum atomic E-state index is 0.722. The van der Waals surface area contributed by atoms with Gasteiger partial charge >= 0.3 is 0 Å². The topological polar surface area (TPSA) is 28.2 Å². The van der Waals surface area contributed by atoms with Gasteiger partial charge in [-0.15, -0.1) is 11.3 Å². The number of aromatic nitrogens is 1. The molecule has 1 fully saturated rings. The lowest BCUT2D eigenvalue weighted by Gasteiger charge is -2.32. The van der Waals surface area contributed by atoms with Crippen LogP contribution in [0.5, 0.6) is 0 Å². The van der Waals surface area contributed by atoms with Crippen LogP contribution in [0.4, 0.5) is 0 Å². The van der Waals surface area contributed by atoms with Crippen molar-refractivity contribution < 1.29 is 0 Å². The van der Waals surface area contributed by atoms with Gasteiger partial charge < -0.3 is 5.32 Å². The maximum Gasteiger partial charge on any atom is 0.107 e. The fourth-order valence-electron chi connectivity index (χ4n) is 2.80. The number of rotatable bonds is 6. The molecule has 0 aromatic carbocycles. The molecule has 0 spiro atoms. The molecule has 0 amide bonds. The zero-order valence-corrected chi connectivity index (χ0v) is 13.4. The summed E-state index contributed by atoms with van der Waals surface area (Å²) < 4.78 is 0. The lowest BCUT2D eigenvalue weighted by Crippen LogP contribution is -2.36. The molecule has 2 heterocycles. The molecule has 1 aromatic rings. The monoisotopic (exact) mass is 281 g/mol. The SMILES string of the molecule is CCCc1nc(CN2CCCCC2C)sc1CNC. The highest BCUT2D eigenvalue weighted by Crippen LogP contribution is 2.24. The first-order chi connectivity index (χ1) is 9.24. The highest BCUT2D eigenvalue weighted by atomic mass is 32.1. The van der Waals surface area contributed by atoms with Crippen LogP contribution in [-0.4, -0.2) is 29.5 Å². The Balaban J connectivity index is 2.04. The Bertz CT molecular complexity index is 365. The molecule has 0 saturated carbocycles. The Morgan fingerprint density at radius 2 is 2.26 bits per heavy atom. The first-order valence-electron chi connectivity index (χ1n) is 7.60. The number of piperidine rings is 1. The molecule has 1 unspecified atom stereocenters. The highest BCUT2D eigenvalue weighted by Gasteiger charge is 2.20. The zero-order chi connectivity index (χ0) is 13.7. The number of nitrogens with zero attached hydrogens (tertiary/aromatic N) is 2. The quantitative estimate of drug-likeness (QED) is 0.868. The Labute approximate surface area is 121 Å². The van der Waals surface area contributed by atoms with E-state index in [1.54, 1.807) is 0 Å². The van der Waals surface area contributed by atoms with Crippen molar-refractivity contribution in [2.45, 2.75) is 65.1 Å². The van der Waals surface area contributed by atoms with Crippen LogP contribution in [0.15, 0.2) is 0 Å². The van der Waals surface area contributed by atoms with Crippen molar-refractivity contribution in [2.24, 2.45) is 0 Å². The average Bonchev–Trinajstić information content (AvgIpc) is 2.76. The Kier molecular flexibility index (Phi) is 5.79. The summed E-state index contributed by atoms with van der Waals surface area (Å²) in [7, 11) is 2.02. The largest absolute Gasteiger partial charge is 0.315 e. The van der Waals surface area contributed by atoms with Gasteiger partial charge in [0.15, 0.2) is 0 Å². The third-order valence-corrected chi connectivity index (χ3v) is 5.01. The van der Waals surface area contributed by atoms with E-state index < -0.39 is 0 Å². The maximum absolute atomic E-state index is 4.88. The molecular weight excluding hydrogens is 254 g/mol. The minimum absolute atomic E-state index is 0.722. The van der Waals surface area contributed by atoms with Gasteiger partial charge in [0.25, 0.3) is 0 Å². The summed E-state index contributed by atoms with van der Waals surface area (Å²) in [5, 5.41) is 4.57. The summed E-state index contributed by atoms with van der Waals surface area (Å²) in [6, 6.07) is 0.722. The van der Waals surface area contributed by atoms with E-state index in [0.717, 1.165) is 25.6 Å². The highest BCUT2D eigenvalue weighted by molar-refractivity contribution is 7.11. The minimum Gasteiger partial charge on any atom is -0.315 e. The fraction of sp³-hybridized carbons (Fsp3) is 0.800. The smallest absolute Gasteiger partial charge is 0.107 e. The first kappa shape index (κ1) is 14.9. The second-order valence-corrected chi connectivity index (χ2v) is 6.74. The molecule has 0 radical (unpaired) electrons. The van der Waals surface area contributed by atoms with Crippen LogP contribution >= 0.6 is 11.3 Å². The van der Waals surface area contributed by atoms with Crippen LogP contribution in [0.3, 0.4) is 0 Å². The van der Waals surface area contributed by atoms with Gasteiger partial charge in [-0.3, -0.25) is 4.90 Å². The molecule has 2 rings (SSSR count). The van der Waals surface area contributed by atoms with Gasteiger partial charge in [-0.25, -0.2) is 4.98 Å². The Hall–Kier alpha value is -0.450. The number of likely N-dealkylation sites (tertiary alicyclic amines) is 1. The molecule has 0 aliphatic carbocycles. The molecule has 19 heavy (non-hydrogen) atoms. The van der Waals surface area contributed by atoms with Gasteiger partial charge in [-0.05, 0) is 39.8 Å². The van der Waals surface area contributed by atoms with Gasteiger partial charge in [0.05, 0.1) is 12.2 Å². The Morgan fingerprint density at radius 1 is 1.42 bits per heavy atom. The number of aryl methyl sites for hydroxylation is 1. The maximum atomic E-state index is 4.88. The van der Waals surface area contributed by atoms with Crippen LogP contribution in [0.25, 0.3) is 0 Å². The van der Waals surface area contributed by atoms with E-state index in [2.05, 4.69) is 24.1 Å². The van der Waals surface area contributed by atoms with Crippen LogP contribution < -0.4 is 5.32 Å². The molecule has 1 atom stereocenters. The summed E-state index contributed by atoms with van der Waals surface area (Å²) >= 11 is 1.90. The van der Waals surface area contributed by atoms with Crippen LogP contribution in [-0.2, 0) is 19.5 Å². The molecule has 3 nitrogen and oxygen atoms in total. The third kappa shape index (κ3) is 4.01. The number of nitrogens with one attached hydrogen (secondary N) is 1. The Morgan fingerprint density at radius 3 is 2.95 bits per heavy atom. The summed E-state index contributed by atoms with van der Waals surface area (Å²) in [5.74, 6) is 0. The summed E-state index contributed by atoms with van der Waals surface area (Å²) in [4.78, 5) is 8.92. The van der Waals surface area contributed by atoms with Gasteiger partial charge in [-0.2, -0.15) is 0 Å². The molecular formula is C15H27N3S. The molecule has 1 aliphatic rings. The molecule has 108 valence electrons. The third-order valence-electron chi connectivity index (χ3n) is 3.93. The standard InChI is InChI=1S/C15H27N3S/c1-4-7-13-14(10-16-3)19-15(17-13)11-18-9-6-5-8-12(18)2/h12,16H,4-11H2,1-3H3. The molecule has 0 bridgehead atoms. The fourth-order valence-corrected chi connectivity index (χ4v) is 3.95. The van der Waals surface area contributed by atoms with Crippen molar-refractivity contribution in [1.29, 1.82) is 0 Å². The van der Waals surface area contributed by atoms with Crippen molar-refractivity contribution in [3.63, 3.8) is 0 Å². The van der Waals surface area contributed by atoms with Crippen molar-refractivity contribution in [3.05, 3.63) is 15.6 Å². The van der Waals surface area contributed by atoms with E-state index in [-0.39, 0.29) is 0 Å². The van der Waals surface area contributed by atoms with Gasteiger partial charge in [-0.1, -0.05) is 19.8 Å². The molecule has 4 heteroatoms. The van der Waals surface area contributed by atoms with E-state index in [4.69, 9.17) is 4.98 Å². The van der Waals surface area contributed by atoms with Crippen LogP contribution in [0, 0.1) is 0 Å². The van der Waals surface area contributed by atoms with Crippen LogP contribution in [0.1, 0.15) is 55.1 Å². The van der Waals surface area contributed by atoms with E-state index >= 15 is 0 Å². The van der Waals surface area contributed by atoms with Crippen molar-refractivity contribution in [1.82, 2.24) is 15.2 Å².